The van der Waals surface area contributed by atoms with Crippen LogP contribution in [0.5, 0.6) is 0 Å². The van der Waals surface area contributed by atoms with Crippen molar-refractivity contribution >= 4 is 68.4 Å². The maximum atomic E-state index is 12.3. The predicted octanol–water partition coefficient (Wildman–Crippen LogP) is 5.19. The first kappa shape index (κ1) is 24.3. The number of hydrogen-bond donors (Lipinski definition) is 2. The van der Waals surface area contributed by atoms with Crippen LogP contribution in [0.3, 0.4) is 0 Å². The number of nitrogens with zero attached hydrogens (tertiary/aromatic N) is 3. The van der Waals surface area contributed by atoms with Crippen LogP contribution in [0.25, 0.3) is 0 Å². The maximum absolute atomic E-state index is 12.3. The number of halogens is 3. The number of nitrogens with one attached hydrogen (secondary N) is 2. The Labute approximate surface area is 207 Å². The van der Waals surface area contributed by atoms with E-state index in [2.05, 4.69) is 43.3 Å². The number of hydrogen-bond acceptors (Lipinski definition) is 5. The average molecular weight is 555 g/mol. The van der Waals surface area contributed by atoms with Crippen LogP contribution in [0.4, 0.5) is 5.69 Å². The second-order valence-corrected chi connectivity index (χ2v) is 9.09. The lowest BCUT2D eigenvalue weighted by atomic mass is 10.2. The summed E-state index contributed by atoms with van der Waals surface area (Å²) >= 11 is 16.5. The van der Waals surface area contributed by atoms with E-state index in [1.54, 1.807) is 53.1 Å². The highest BCUT2D eigenvalue weighted by molar-refractivity contribution is 9.10. The van der Waals surface area contributed by atoms with Gasteiger partial charge in [0.15, 0.2) is 11.0 Å². The molecule has 2 N–H and O–H groups in total. The summed E-state index contributed by atoms with van der Waals surface area (Å²) in [7, 11) is 0. The van der Waals surface area contributed by atoms with Crippen molar-refractivity contribution in [2.24, 2.45) is 0 Å². The van der Waals surface area contributed by atoms with Gasteiger partial charge in [-0.25, -0.2) is 0 Å². The molecule has 0 fully saturated rings. The minimum Gasteiger partial charge on any atom is -0.345 e. The van der Waals surface area contributed by atoms with Gasteiger partial charge in [-0.15, -0.1) is 16.8 Å². The summed E-state index contributed by atoms with van der Waals surface area (Å²) in [4.78, 5) is 24.7. The van der Waals surface area contributed by atoms with Gasteiger partial charge in [0.2, 0.25) is 5.91 Å². The maximum Gasteiger partial charge on any atom is 0.251 e. The molecule has 1 aromatic heterocycles. The molecule has 0 aliphatic heterocycles. The fraction of sp³-hybridized carbons (Fsp3) is 0.143. The van der Waals surface area contributed by atoms with Gasteiger partial charge in [0.25, 0.3) is 5.91 Å². The van der Waals surface area contributed by atoms with Crippen LogP contribution in [0.2, 0.25) is 10.0 Å². The van der Waals surface area contributed by atoms with Gasteiger partial charge in [-0.3, -0.25) is 9.59 Å². The molecule has 32 heavy (non-hydrogen) atoms. The SMILES string of the molecule is C=CCn1c(CNC(=O)c2ccc(Cl)cc2)nnc1SCC(=O)Nc1ccc(Br)c(Cl)c1. The van der Waals surface area contributed by atoms with Crippen LogP contribution >= 0.6 is 50.9 Å². The number of benzene rings is 2. The lowest BCUT2D eigenvalue weighted by molar-refractivity contribution is -0.113. The molecule has 0 radical (unpaired) electrons. The van der Waals surface area contributed by atoms with Crippen molar-refractivity contribution in [3.63, 3.8) is 0 Å². The third kappa shape index (κ3) is 6.59. The fourth-order valence-corrected chi connectivity index (χ4v) is 3.95. The summed E-state index contributed by atoms with van der Waals surface area (Å²) in [5, 5.41) is 15.5. The molecule has 2 amide bonds. The zero-order valence-electron chi connectivity index (χ0n) is 16.6. The average Bonchev–Trinajstić information content (AvgIpc) is 3.15. The Morgan fingerprint density at radius 1 is 1.16 bits per heavy atom. The van der Waals surface area contributed by atoms with E-state index in [4.69, 9.17) is 23.2 Å². The van der Waals surface area contributed by atoms with E-state index >= 15 is 0 Å². The van der Waals surface area contributed by atoms with Gasteiger partial charge in [-0.05, 0) is 58.4 Å². The third-order valence-corrected chi connectivity index (χ3v) is 6.61. The summed E-state index contributed by atoms with van der Waals surface area (Å²) in [6, 6.07) is 11.8. The monoisotopic (exact) mass is 553 g/mol. The molecule has 11 heteroatoms. The van der Waals surface area contributed by atoms with E-state index in [1.165, 1.54) is 11.8 Å². The van der Waals surface area contributed by atoms with E-state index in [0.29, 0.717) is 38.8 Å². The zero-order chi connectivity index (χ0) is 23.1. The van der Waals surface area contributed by atoms with E-state index in [9.17, 15) is 9.59 Å². The molecule has 0 aliphatic carbocycles. The van der Waals surface area contributed by atoms with Crippen molar-refractivity contribution in [2.45, 2.75) is 18.2 Å². The molecule has 2 aromatic carbocycles. The Bertz CT molecular complexity index is 1140. The van der Waals surface area contributed by atoms with Crippen LogP contribution in [0.15, 0.2) is 64.7 Å². The summed E-state index contributed by atoms with van der Waals surface area (Å²) < 4.78 is 2.54. The first-order valence-corrected chi connectivity index (χ1v) is 11.8. The van der Waals surface area contributed by atoms with Crippen molar-refractivity contribution in [2.75, 3.05) is 11.1 Å². The van der Waals surface area contributed by atoms with E-state index < -0.39 is 0 Å². The first-order chi connectivity index (χ1) is 15.4. The molecule has 0 saturated carbocycles. The van der Waals surface area contributed by atoms with Crippen molar-refractivity contribution < 1.29 is 9.59 Å². The van der Waals surface area contributed by atoms with Crippen LogP contribution in [0.1, 0.15) is 16.2 Å². The number of carbonyl (C=O) groups excluding carboxylic acids is 2. The van der Waals surface area contributed by atoms with E-state index in [0.717, 1.165) is 4.47 Å². The minimum absolute atomic E-state index is 0.125. The Morgan fingerprint density at radius 3 is 2.59 bits per heavy atom. The second kappa shape index (κ2) is 11.5. The quantitative estimate of drug-likeness (QED) is 0.280. The summed E-state index contributed by atoms with van der Waals surface area (Å²) in [6.07, 6.45) is 1.70. The molecule has 0 bridgehead atoms. The number of amides is 2. The number of thioether (sulfide) groups is 1. The molecule has 1 heterocycles. The number of allylic oxidation sites excluding steroid dienone is 1. The predicted molar refractivity (Wildman–Crippen MR) is 131 cm³/mol. The van der Waals surface area contributed by atoms with Crippen molar-refractivity contribution in [3.05, 3.63) is 81.0 Å². The highest BCUT2D eigenvalue weighted by Gasteiger charge is 2.15. The minimum atomic E-state index is -0.253. The lowest BCUT2D eigenvalue weighted by Crippen LogP contribution is -2.24. The molecule has 0 saturated heterocycles. The van der Waals surface area contributed by atoms with Gasteiger partial charge < -0.3 is 15.2 Å². The van der Waals surface area contributed by atoms with Gasteiger partial charge in [-0.2, -0.15) is 0 Å². The van der Waals surface area contributed by atoms with Crippen molar-refractivity contribution in [1.29, 1.82) is 0 Å². The van der Waals surface area contributed by atoms with Crippen LogP contribution in [0, 0.1) is 0 Å². The molecule has 3 aromatic rings. The van der Waals surface area contributed by atoms with Gasteiger partial charge in [0.05, 0.1) is 17.3 Å². The van der Waals surface area contributed by atoms with Gasteiger partial charge in [-0.1, -0.05) is 41.0 Å². The standard InChI is InChI=1S/C21H18BrCl2N5O2S/c1-2-9-29-18(11-25-20(31)13-3-5-14(23)6-4-13)27-28-21(29)32-12-19(30)26-15-7-8-16(22)17(24)10-15/h2-8,10H,1,9,11-12H2,(H,25,31)(H,26,30). The van der Waals surface area contributed by atoms with Crippen molar-refractivity contribution in [3.8, 4) is 0 Å². The number of carbonyl (C=O) groups is 2. The first-order valence-electron chi connectivity index (χ1n) is 9.32. The highest BCUT2D eigenvalue weighted by Crippen LogP contribution is 2.26. The molecule has 3 rings (SSSR count). The van der Waals surface area contributed by atoms with Crippen LogP contribution < -0.4 is 10.6 Å². The zero-order valence-corrected chi connectivity index (χ0v) is 20.6. The highest BCUT2D eigenvalue weighted by atomic mass is 79.9. The smallest absolute Gasteiger partial charge is 0.251 e. The summed E-state index contributed by atoms with van der Waals surface area (Å²) in [5.74, 6) is 0.214. The summed E-state index contributed by atoms with van der Waals surface area (Å²) in [5.41, 5.74) is 1.09. The Kier molecular flexibility index (Phi) is 8.75. The fourth-order valence-electron chi connectivity index (χ4n) is 2.63. The molecule has 7 nitrogen and oxygen atoms in total. The number of rotatable bonds is 9. The number of aromatic nitrogens is 3. The molecule has 0 unspecified atom stereocenters. The molecule has 0 aliphatic rings. The second-order valence-electron chi connectivity index (χ2n) is 6.45. The van der Waals surface area contributed by atoms with Gasteiger partial charge in [0, 0.05) is 27.3 Å². The van der Waals surface area contributed by atoms with E-state index in [1.807, 2.05) is 0 Å². The van der Waals surface area contributed by atoms with E-state index in [-0.39, 0.29) is 24.1 Å². The molecular weight excluding hydrogens is 537 g/mol. The van der Waals surface area contributed by atoms with Crippen LogP contribution in [-0.2, 0) is 17.9 Å². The normalized spacial score (nSPS) is 10.6. The largest absolute Gasteiger partial charge is 0.345 e. The molecular formula is C21H18BrCl2N5O2S. The molecule has 0 spiro atoms. The lowest BCUT2D eigenvalue weighted by Gasteiger charge is -2.09. The van der Waals surface area contributed by atoms with Crippen molar-refractivity contribution in [1.82, 2.24) is 20.1 Å². The topological polar surface area (TPSA) is 88.9 Å². The summed E-state index contributed by atoms with van der Waals surface area (Å²) in [6.45, 7) is 4.36. The molecule has 0 atom stereocenters. The van der Waals surface area contributed by atoms with Crippen LogP contribution in [-0.4, -0.2) is 32.3 Å². The molecule has 166 valence electrons. The Balaban J connectivity index is 1.60. The Morgan fingerprint density at radius 2 is 1.91 bits per heavy atom. The Hall–Kier alpha value is -2.33. The third-order valence-electron chi connectivity index (χ3n) is 4.15. The van der Waals surface area contributed by atoms with Gasteiger partial charge >= 0.3 is 0 Å². The van der Waals surface area contributed by atoms with Gasteiger partial charge in [0.1, 0.15) is 0 Å². The number of anilines is 1.